The summed E-state index contributed by atoms with van der Waals surface area (Å²) in [6.07, 6.45) is -0.694. The van der Waals surface area contributed by atoms with Crippen LogP contribution < -0.4 is 4.74 Å². The first-order valence-corrected chi connectivity index (χ1v) is 6.34. The Labute approximate surface area is 113 Å². The van der Waals surface area contributed by atoms with E-state index in [1.165, 1.54) is 6.92 Å². The van der Waals surface area contributed by atoms with Gasteiger partial charge in [0, 0.05) is 5.56 Å². The molecular formula is C15H20O4. The van der Waals surface area contributed by atoms with Gasteiger partial charge in [0.25, 0.3) is 0 Å². The van der Waals surface area contributed by atoms with Crippen LogP contribution in [0.3, 0.4) is 0 Å². The van der Waals surface area contributed by atoms with Gasteiger partial charge in [0.2, 0.25) is 0 Å². The third-order valence-electron chi connectivity index (χ3n) is 2.44. The molecule has 1 aromatic rings. The molecule has 19 heavy (non-hydrogen) atoms. The van der Waals surface area contributed by atoms with Gasteiger partial charge in [0.1, 0.15) is 5.75 Å². The predicted octanol–water partition coefficient (Wildman–Crippen LogP) is 2.86. The second-order valence-corrected chi connectivity index (χ2v) is 4.87. The summed E-state index contributed by atoms with van der Waals surface area (Å²) in [6, 6.07) is 6.75. The van der Waals surface area contributed by atoms with Gasteiger partial charge in [-0.1, -0.05) is 26.0 Å². The van der Waals surface area contributed by atoms with Crippen molar-refractivity contribution in [1.29, 1.82) is 0 Å². The molecule has 0 aromatic heterocycles. The molecule has 0 saturated carbocycles. The summed E-state index contributed by atoms with van der Waals surface area (Å²) in [5.41, 5.74) is 0.556. The van der Waals surface area contributed by atoms with Crippen molar-refractivity contribution in [2.24, 2.45) is 5.92 Å². The fourth-order valence-corrected chi connectivity index (χ4v) is 1.41. The van der Waals surface area contributed by atoms with Crippen LogP contribution >= 0.6 is 0 Å². The van der Waals surface area contributed by atoms with Crippen LogP contribution in [0, 0.1) is 5.92 Å². The van der Waals surface area contributed by atoms with Crippen molar-refractivity contribution in [3.63, 3.8) is 0 Å². The summed E-state index contributed by atoms with van der Waals surface area (Å²) in [6.45, 7) is 7.42. The maximum absolute atomic E-state index is 11.7. The van der Waals surface area contributed by atoms with Crippen LogP contribution in [0.2, 0.25) is 0 Å². The molecule has 0 spiro atoms. The van der Waals surface area contributed by atoms with E-state index in [1.807, 2.05) is 13.8 Å². The minimum Gasteiger partial charge on any atom is -0.479 e. The number of ketones is 1. The average molecular weight is 264 g/mol. The SMILES string of the molecule is CC(=O)c1cccc(OC(C)C(=O)OCC(C)C)c1. The molecule has 0 radical (unpaired) electrons. The van der Waals surface area contributed by atoms with E-state index >= 15 is 0 Å². The molecule has 0 saturated heterocycles. The Hall–Kier alpha value is -1.84. The highest BCUT2D eigenvalue weighted by Gasteiger charge is 2.17. The molecule has 1 rings (SSSR count). The lowest BCUT2D eigenvalue weighted by molar-refractivity contribution is -0.152. The molecule has 0 fully saturated rings. The molecule has 1 atom stereocenters. The van der Waals surface area contributed by atoms with Crippen molar-refractivity contribution in [2.75, 3.05) is 6.61 Å². The standard InChI is InChI=1S/C15H20O4/c1-10(2)9-18-15(17)12(4)19-14-7-5-6-13(8-14)11(3)16/h5-8,10,12H,9H2,1-4H3. The number of carbonyl (C=O) groups excluding carboxylic acids is 2. The van der Waals surface area contributed by atoms with Gasteiger partial charge in [-0.2, -0.15) is 0 Å². The van der Waals surface area contributed by atoms with Crippen LogP contribution in [0.4, 0.5) is 0 Å². The van der Waals surface area contributed by atoms with E-state index in [2.05, 4.69) is 0 Å². The summed E-state index contributed by atoms with van der Waals surface area (Å²) in [5, 5.41) is 0. The first-order valence-electron chi connectivity index (χ1n) is 6.34. The second kappa shape index (κ2) is 6.92. The first kappa shape index (κ1) is 15.2. The van der Waals surface area contributed by atoms with E-state index in [0.29, 0.717) is 17.9 Å². The third-order valence-corrected chi connectivity index (χ3v) is 2.44. The minimum absolute atomic E-state index is 0.0412. The molecule has 0 aliphatic heterocycles. The van der Waals surface area contributed by atoms with Crippen molar-refractivity contribution in [3.05, 3.63) is 29.8 Å². The van der Waals surface area contributed by atoms with E-state index in [9.17, 15) is 9.59 Å². The highest BCUT2D eigenvalue weighted by molar-refractivity contribution is 5.94. The normalized spacial score (nSPS) is 12.1. The highest BCUT2D eigenvalue weighted by Crippen LogP contribution is 2.16. The van der Waals surface area contributed by atoms with Gasteiger partial charge >= 0.3 is 5.97 Å². The quantitative estimate of drug-likeness (QED) is 0.585. The Morgan fingerprint density at radius 3 is 2.47 bits per heavy atom. The van der Waals surface area contributed by atoms with Crippen molar-refractivity contribution in [1.82, 2.24) is 0 Å². The van der Waals surface area contributed by atoms with E-state index < -0.39 is 12.1 Å². The zero-order chi connectivity index (χ0) is 14.4. The molecule has 0 aliphatic carbocycles. The molecule has 0 aliphatic rings. The number of carbonyl (C=O) groups is 2. The van der Waals surface area contributed by atoms with Crippen molar-refractivity contribution in [2.45, 2.75) is 33.8 Å². The van der Waals surface area contributed by atoms with Crippen molar-refractivity contribution >= 4 is 11.8 Å². The van der Waals surface area contributed by atoms with Gasteiger partial charge in [0.15, 0.2) is 11.9 Å². The Bertz CT molecular complexity index is 451. The molecule has 0 amide bonds. The second-order valence-electron chi connectivity index (χ2n) is 4.87. The molecule has 4 heteroatoms. The predicted molar refractivity (Wildman–Crippen MR) is 72.3 cm³/mol. The molecule has 0 bridgehead atoms. The monoisotopic (exact) mass is 264 g/mol. The molecule has 104 valence electrons. The van der Waals surface area contributed by atoms with Crippen molar-refractivity contribution < 1.29 is 19.1 Å². The maximum atomic E-state index is 11.7. The zero-order valence-electron chi connectivity index (χ0n) is 11.8. The van der Waals surface area contributed by atoms with Gasteiger partial charge in [0.05, 0.1) is 6.61 Å². The summed E-state index contributed by atoms with van der Waals surface area (Å²) in [5.74, 6) is 0.335. The van der Waals surface area contributed by atoms with Crippen molar-refractivity contribution in [3.8, 4) is 5.75 Å². The van der Waals surface area contributed by atoms with Gasteiger partial charge in [-0.25, -0.2) is 4.79 Å². The molecule has 4 nitrogen and oxygen atoms in total. The van der Waals surface area contributed by atoms with Crippen LogP contribution in [0.5, 0.6) is 5.75 Å². The summed E-state index contributed by atoms with van der Waals surface area (Å²) >= 11 is 0. The Morgan fingerprint density at radius 2 is 1.89 bits per heavy atom. The number of hydrogen-bond donors (Lipinski definition) is 0. The summed E-state index contributed by atoms with van der Waals surface area (Å²) < 4.78 is 10.6. The number of benzene rings is 1. The van der Waals surface area contributed by atoms with E-state index in [0.717, 1.165) is 0 Å². The van der Waals surface area contributed by atoms with E-state index in [-0.39, 0.29) is 11.7 Å². The van der Waals surface area contributed by atoms with Crippen LogP contribution in [-0.2, 0) is 9.53 Å². The molecule has 0 N–H and O–H groups in total. The van der Waals surface area contributed by atoms with Crippen LogP contribution in [0.25, 0.3) is 0 Å². The first-order chi connectivity index (χ1) is 8.90. The smallest absolute Gasteiger partial charge is 0.347 e. The fourth-order valence-electron chi connectivity index (χ4n) is 1.41. The lowest BCUT2D eigenvalue weighted by atomic mass is 10.1. The Balaban J connectivity index is 2.61. The van der Waals surface area contributed by atoms with Crippen LogP contribution in [0.1, 0.15) is 38.1 Å². The lowest BCUT2D eigenvalue weighted by Gasteiger charge is -2.15. The molecule has 0 heterocycles. The average Bonchev–Trinajstić information content (AvgIpc) is 2.36. The molecular weight excluding hydrogens is 244 g/mol. The third kappa shape index (κ3) is 5.12. The van der Waals surface area contributed by atoms with Crippen LogP contribution in [-0.4, -0.2) is 24.5 Å². The summed E-state index contributed by atoms with van der Waals surface area (Å²) in [4.78, 5) is 22.9. The van der Waals surface area contributed by atoms with Crippen LogP contribution in [0.15, 0.2) is 24.3 Å². The van der Waals surface area contributed by atoms with Gasteiger partial charge < -0.3 is 9.47 Å². The summed E-state index contributed by atoms with van der Waals surface area (Å²) in [7, 11) is 0. The number of rotatable bonds is 6. The van der Waals surface area contributed by atoms with Gasteiger partial charge in [-0.15, -0.1) is 0 Å². The number of esters is 1. The number of hydrogen-bond acceptors (Lipinski definition) is 4. The number of ether oxygens (including phenoxy) is 2. The lowest BCUT2D eigenvalue weighted by Crippen LogP contribution is -2.27. The maximum Gasteiger partial charge on any atom is 0.347 e. The topological polar surface area (TPSA) is 52.6 Å². The Kier molecular flexibility index (Phi) is 5.55. The van der Waals surface area contributed by atoms with E-state index in [1.54, 1.807) is 31.2 Å². The van der Waals surface area contributed by atoms with Gasteiger partial charge in [-0.3, -0.25) is 4.79 Å². The van der Waals surface area contributed by atoms with E-state index in [4.69, 9.17) is 9.47 Å². The molecule has 1 unspecified atom stereocenters. The highest BCUT2D eigenvalue weighted by atomic mass is 16.6. The Morgan fingerprint density at radius 1 is 1.21 bits per heavy atom. The fraction of sp³-hybridized carbons (Fsp3) is 0.467. The zero-order valence-corrected chi connectivity index (χ0v) is 11.8. The largest absolute Gasteiger partial charge is 0.479 e. The molecule has 1 aromatic carbocycles. The number of Topliss-reactive ketones (excluding diaryl/α,β-unsaturated/α-hetero) is 1. The minimum atomic E-state index is -0.694. The van der Waals surface area contributed by atoms with Gasteiger partial charge in [-0.05, 0) is 31.9 Å².